The molecule has 2 rings (SSSR count). The Hall–Kier alpha value is -1.06. The van der Waals surface area contributed by atoms with Gasteiger partial charge in [-0.2, -0.15) is 0 Å². The Bertz CT molecular complexity index is 369. The number of nitrogens with zero attached hydrogens (tertiary/aromatic N) is 1. The van der Waals surface area contributed by atoms with E-state index in [4.69, 9.17) is 0 Å². The molecule has 0 bridgehead atoms. The molecule has 0 aliphatic carbocycles. The van der Waals surface area contributed by atoms with E-state index in [9.17, 15) is 5.11 Å². The van der Waals surface area contributed by atoms with Crippen molar-refractivity contribution in [3.8, 4) is 0 Å². The van der Waals surface area contributed by atoms with E-state index in [1.807, 2.05) is 0 Å². The summed E-state index contributed by atoms with van der Waals surface area (Å²) >= 11 is 0. The molecule has 1 aromatic carbocycles. The molecular formula is C15H24N2O. The minimum atomic E-state index is -0.468. The molecule has 0 spiro atoms. The molecule has 100 valence electrons. The third-order valence-electron chi connectivity index (χ3n) is 3.92. The van der Waals surface area contributed by atoms with Gasteiger partial charge in [-0.1, -0.05) is 17.7 Å². The number of nitrogens with one attached hydrogen (secondary N) is 1. The number of aryl methyl sites for hydroxylation is 1. The first kappa shape index (κ1) is 13.4. The zero-order valence-electron chi connectivity index (χ0n) is 11.4. The van der Waals surface area contributed by atoms with Gasteiger partial charge in [0, 0.05) is 19.3 Å². The first-order valence-electron chi connectivity index (χ1n) is 6.80. The minimum Gasteiger partial charge on any atom is -0.390 e. The molecule has 18 heavy (non-hydrogen) atoms. The third-order valence-corrected chi connectivity index (χ3v) is 3.92. The van der Waals surface area contributed by atoms with Crippen molar-refractivity contribution in [3.63, 3.8) is 0 Å². The van der Waals surface area contributed by atoms with Gasteiger partial charge in [0.1, 0.15) is 0 Å². The molecular weight excluding hydrogens is 224 g/mol. The fourth-order valence-corrected chi connectivity index (χ4v) is 2.45. The number of aliphatic hydroxyl groups is 1. The van der Waals surface area contributed by atoms with Crippen LogP contribution in [-0.4, -0.2) is 37.4 Å². The highest BCUT2D eigenvalue weighted by Gasteiger charge is 2.28. The first-order chi connectivity index (χ1) is 8.59. The van der Waals surface area contributed by atoms with Crippen molar-refractivity contribution in [1.29, 1.82) is 0 Å². The Morgan fingerprint density at radius 1 is 1.22 bits per heavy atom. The van der Waals surface area contributed by atoms with Crippen molar-refractivity contribution in [3.05, 3.63) is 29.8 Å². The smallest absolute Gasteiger partial charge is 0.0688 e. The average Bonchev–Trinajstić information content (AvgIpc) is 2.38. The van der Waals surface area contributed by atoms with E-state index >= 15 is 0 Å². The van der Waals surface area contributed by atoms with E-state index in [1.54, 1.807) is 0 Å². The van der Waals surface area contributed by atoms with Crippen LogP contribution in [0.1, 0.15) is 24.8 Å². The molecule has 1 aliphatic rings. The van der Waals surface area contributed by atoms with Crippen molar-refractivity contribution in [2.45, 2.75) is 31.8 Å². The topological polar surface area (TPSA) is 35.5 Å². The molecule has 3 heteroatoms. The summed E-state index contributed by atoms with van der Waals surface area (Å²) in [6.45, 7) is 4.87. The van der Waals surface area contributed by atoms with Gasteiger partial charge in [-0.15, -0.1) is 0 Å². The second-order valence-electron chi connectivity index (χ2n) is 5.48. The van der Waals surface area contributed by atoms with Gasteiger partial charge in [0.05, 0.1) is 5.60 Å². The lowest BCUT2D eigenvalue weighted by molar-refractivity contribution is 0.00460. The molecule has 0 atom stereocenters. The van der Waals surface area contributed by atoms with E-state index in [0.29, 0.717) is 0 Å². The number of anilines is 1. The van der Waals surface area contributed by atoms with E-state index in [2.05, 4.69) is 48.5 Å². The minimum absolute atomic E-state index is 0.468. The number of rotatable bonds is 4. The Labute approximate surface area is 110 Å². The highest BCUT2D eigenvalue weighted by atomic mass is 16.3. The van der Waals surface area contributed by atoms with Gasteiger partial charge in [0.15, 0.2) is 0 Å². The lowest BCUT2D eigenvalue weighted by Gasteiger charge is -2.34. The van der Waals surface area contributed by atoms with Gasteiger partial charge in [0.25, 0.3) is 0 Å². The SMILES string of the molecule is Cc1ccc(N(C)CCC2(O)CCNCC2)cc1. The van der Waals surface area contributed by atoms with Gasteiger partial charge >= 0.3 is 0 Å². The summed E-state index contributed by atoms with van der Waals surface area (Å²) in [6.07, 6.45) is 2.59. The summed E-state index contributed by atoms with van der Waals surface area (Å²) in [4.78, 5) is 2.22. The molecule has 0 amide bonds. The molecule has 0 saturated carbocycles. The average molecular weight is 248 g/mol. The lowest BCUT2D eigenvalue weighted by atomic mass is 9.89. The number of hydrogen-bond donors (Lipinski definition) is 2. The Balaban J connectivity index is 1.87. The van der Waals surface area contributed by atoms with E-state index in [0.717, 1.165) is 38.9 Å². The zero-order valence-corrected chi connectivity index (χ0v) is 11.4. The summed E-state index contributed by atoms with van der Waals surface area (Å²) in [5, 5.41) is 13.7. The van der Waals surface area contributed by atoms with E-state index in [-0.39, 0.29) is 0 Å². The Morgan fingerprint density at radius 3 is 2.44 bits per heavy atom. The van der Waals surface area contributed by atoms with Crippen molar-refractivity contribution in [1.82, 2.24) is 5.32 Å². The largest absolute Gasteiger partial charge is 0.390 e. The first-order valence-corrected chi connectivity index (χ1v) is 6.80. The monoisotopic (exact) mass is 248 g/mol. The van der Waals surface area contributed by atoms with Crippen molar-refractivity contribution in [2.75, 3.05) is 31.6 Å². The molecule has 3 nitrogen and oxygen atoms in total. The van der Waals surface area contributed by atoms with Gasteiger partial charge in [-0.3, -0.25) is 0 Å². The van der Waals surface area contributed by atoms with Crippen LogP contribution in [-0.2, 0) is 0 Å². The number of piperidine rings is 1. The maximum absolute atomic E-state index is 10.4. The molecule has 2 N–H and O–H groups in total. The van der Waals surface area contributed by atoms with Crippen molar-refractivity contribution >= 4 is 5.69 Å². The van der Waals surface area contributed by atoms with E-state index in [1.165, 1.54) is 11.3 Å². The van der Waals surface area contributed by atoms with Crippen molar-refractivity contribution < 1.29 is 5.11 Å². The van der Waals surface area contributed by atoms with Gasteiger partial charge in [-0.25, -0.2) is 0 Å². The molecule has 1 fully saturated rings. The molecule has 1 aromatic rings. The lowest BCUT2D eigenvalue weighted by Crippen LogP contribution is -2.43. The molecule has 0 aromatic heterocycles. The molecule has 1 aliphatic heterocycles. The van der Waals surface area contributed by atoms with Gasteiger partial charge < -0.3 is 15.3 Å². The molecule has 0 radical (unpaired) electrons. The van der Waals surface area contributed by atoms with Crippen LogP contribution in [0.15, 0.2) is 24.3 Å². The predicted octanol–water partition coefficient (Wildman–Crippen LogP) is 1.94. The van der Waals surface area contributed by atoms with Crippen molar-refractivity contribution in [2.24, 2.45) is 0 Å². The van der Waals surface area contributed by atoms with Crippen LogP contribution >= 0.6 is 0 Å². The van der Waals surface area contributed by atoms with Gasteiger partial charge in [-0.05, 0) is 51.4 Å². The summed E-state index contributed by atoms with van der Waals surface area (Å²) in [5.74, 6) is 0. The summed E-state index contributed by atoms with van der Waals surface area (Å²) in [5.41, 5.74) is 2.03. The molecule has 1 saturated heterocycles. The van der Waals surface area contributed by atoms with Crippen LogP contribution < -0.4 is 10.2 Å². The zero-order chi connectivity index (χ0) is 13.0. The second kappa shape index (κ2) is 5.72. The summed E-state index contributed by atoms with van der Waals surface area (Å²) in [7, 11) is 2.09. The summed E-state index contributed by atoms with van der Waals surface area (Å²) < 4.78 is 0. The maximum atomic E-state index is 10.4. The van der Waals surface area contributed by atoms with Crippen LogP contribution in [0.3, 0.4) is 0 Å². The number of benzene rings is 1. The molecule has 1 heterocycles. The predicted molar refractivity (Wildman–Crippen MR) is 76.1 cm³/mol. The maximum Gasteiger partial charge on any atom is 0.0688 e. The quantitative estimate of drug-likeness (QED) is 0.855. The van der Waals surface area contributed by atoms with Crippen LogP contribution in [0.2, 0.25) is 0 Å². The Kier molecular flexibility index (Phi) is 4.25. The fourth-order valence-electron chi connectivity index (χ4n) is 2.45. The highest BCUT2D eigenvalue weighted by Crippen LogP contribution is 2.23. The standard InChI is InChI=1S/C15H24N2O/c1-13-3-5-14(6-4-13)17(2)12-9-15(18)7-10-16-11-8-15/h3-6,16,18H,7-12H2,1-2H3. The second-order valence-corrected chi connectivity index (χ2v) is 5.48. The van der Waals surface area contributed by atoms with Crippen LogP contribution in [0.4, 0.5) is 5.69 Å². The number of hydrogen-bond acceptors (Lipinski definition) is 3. The normalized spacial score (nSPS) is 18.6. The van der Waals surface area contributed by atoms with Crippen LogP contribution in [0.5, 0.6) is 0 Å². The fraction of sp³-hybridized carbons (Fsp3) is 0.600. The third kappa shape index (κ3) is 3.47. The highest BCUT2D eigenvalue weighted by molar-refractivity contribution is 5.46. The van der Waals surface area contributed by atoms with Crippen LogP contribution in [0, 0.1) is 6.92 Å². The molecule has 0 unspecified atom stereocenters. The summed E-state index contributed by atoms with van der Waals surface area (Å²) in [6, 6.07) is 8.54. The van der Waals surface area contributed by atoms with E-state index < -0.39 is 5.60 Å². The van der Waals surface area contributed by atoms with Crippen LogP contribution in [0.25, 0.3) is 0 Å². The van der Waals surface area contributed by atoms with Gasteiger partial charge in [0.2, 0.25) is 0 Å². The Morgan fingerprint density at radius 2 is 1.83 bits per heavy atom.